The normalized spacial score (nSPS) is 11.2. The summed E-state index contributed by atoms with van der Waals surface area (Å²) in [5, 5.41) is 3.77. The van der Waals surface area contributed by atoms with Gasteiger partial charge in [-0.25, -0.2) is 4.57 Å². The van der Waals surface area contributed by atoms with Crippen LogP contribution in [0.2, 0.25) is 20.1 Å². The minimum atomic E-state index is -3.83. The van der Waals surface area contributed by atoms with Gasteiger partial charge in [-0.3, -0.25) is 10.1 Å². The summed E-state index contributed by atoms with van der Waals surface area (Å²) in [6.07, 6.45) is -0.285. The van der Waals surface area contributed by atoms with Gasteiger partial charge in [0.2, 0.25) is 0 Å². The van der Waals surface area contributed by atoms with E-state index in [2.05, 4.69) is 5.32 Å². The summed E-state index contributed by atoms with van der Waals surface area (Å²) in [4.78, 5) is 11.5. The minimum Gasteiger partial charge on any atom is -0.465 e. The van der Waals surface area contributed by atoms with E-state index >= 15 is 0 Å². The zero-order valence-electron chi connectivity index (χ0n) is 14.6. The molecule has 0 aliphatic rings. The molecule has 0 aliphatic carbocycles. The van der Waals surface area contributed by atoms with E-state index in [4.69, 9.17) is 60.2 Å². The molecule has 0 aliphatic heterocycles. The Kier molecular flexibility index (Phi) is 8.75. The standard InChI is InChI=1S/C17H16Cl4NO5P/c1-2-25-17(23)9-22-10-28(24,26-11-3-5-13(18)15(20)7-11)27-12-4-6-14(19)16(21)8-12/h3-8,22H,2,9-10H2,1H3. The molecule has 0 aromatic heterocycles. The Balaban J connectivity index is 2.19. The zero-order chi connectivity index (χ0) is 20.7. The molecule has 11 heteroatoms. The van der Waals surface area contributed by atoms with Gasteiger partial charge in [0, 0.05) is 12.1 Å². The van der Waals surface area contributed by atoms with Gasteiger partial charge in [0.15, 0.2) is 0 Å². The van der Waals surface area contributed by atoms with E-state index < -0.39 is 13.6 Å². The molecule has 0 amide bonds. The van der Waals surface area contributed by atoms with E-state index in [9.17, 15) is 9.36 Å². The van der Waals surface area contributed by atoms with Crippen molar-refractivity contribution in [1.29, 1.82) is 0 Å². The van der Waals surface area contributed by atoms with Crippen molar-refractivity contribution < 1.29 is 23.1 Å². The summed E-state index contributed by atoms with van der Waals surface area (Å²) < 4.78 is 29.2. The lowest BCUT2D eigenvalue weighted by molar-refractivity contribution is -0.141. The predicted molar refractivity (Wildman–Crippen MR) is 111 cm³/mol. The van der Waals surface area contributed by atoms with Crippen molar-refractivity contribution in [3.63, 3.8) is 0 Å². The topological polar surface area (TPSA) is 73.9 Å². The quantitative estimate of drug-likeness (QED) is 0.343. The summed E-state index contributed by atoms with van der Waals surface area (Å²) in [5.74, 6) is -0.149. The Bertz CT molecular complexity index is 838. The summed E-state index contributed by atoms with van der Waals surface area (Å²) in [7, 11) is -3.83. The van der Waals surface area contributed by atoms with Crippen molar-refractivity contribution in [1.82, 2.24) is 5.32 Å². The van der Waals surface area contributed by atoms with Gasteiger partial charge in [0.1, 0.15) is 17.8 Å². The first kappa shape index (κ1) is 23.1. The number of hydrogen-bond donors (Lipinski definition) is 1. The van der Waals surface area contributed by atoms with E-state index in [0.717, 1.165) is 0 Å². The number of halogens is 4. The highest BCUT2D eigenvalue weighted by Crippen LogP contribution is 2.48. The minimum absolute atomic E-state index is 0.173. The maximum absolute atomic E-state index is 13.3. The van der Waals surface area contributed by atoms with Gasteiger partial charge < -0.3 is 13.8 Å². The van der Waals surface area contributed by atoms with Crippen LogP contribution in [0.1, 0.15) is 6.92 Å². The number of ether oxygens (including phenoxy) is 1. The van der Waals surface area contributed by atoms with E-state index in [-0.39, 0.29) is 41.0 Å². The highest BCUT2D eigenvalue weighted by atomic mass is 35.5. The van der Waals surface area contributed by atoms with Gasteiger partial charge in [0.05, 0.1) is 33.2 Å². The number of hydrogen-bond acceptors (Lipinski definition) is 6. The molecule has 6 nitrogen and oxygen atoms in total. The number of carbonyl (C=O) groups excluding carboxylic acids is 1. The van der Waals surface area contributed by atoms with Crippen LogP contribution in [0.25, 0.3) is 0 Å². The molecule has 0 unspecified atom stereocenters. The fraction of sp³-hybridized carbons (Fsp3) is 0.235. The van der Waals surface area contributed by atoms with Gasteiger partial charge in [-0.1, -0.05) is 46.4 Å². The Hall–Kier alpha value is -1.14. The van der Waals surface area contributed by atoms with Crippen LogP contribution in [-0.4, -0.2) is 25.4 Å². The summed E-state index contributed by atoms with van der Waals surface area (Å²) in [6, 6.07) is 8.78. The van der Waals surface area contributed by atoms with Crippen LogP contribution >= 0.6 is 54.0 Å². The SMILES string of the molecule is CCOC(=O)CNCP(=O)(Oc1ccc(Cl)c(Cl)c1)Oc1ccc(Cl)c(Cl)c1. The predicted octanol–water partition coefficient (Wildman–Crippen LogP) is 6.06. The van der Waals surface area contributed by atoms with Crippen LogP contribution in [0, 0.1) is 0 Å². The molecule has 2 aromatic carbocycles. The largest absolute Gasteiger partial charge is 0.465 e. The molecule has 0 spiro atoms. The van der Waals surface area contributed by atoms with Gasteiger partial charge in [-0.2, -0.15) is 0 Å². The summed E-state index contributed by atoms with van der Waals surface area (Å²) in [5.41, 5.74) is 0. The fourth-order valence-electron chi connectivity index (χ4n) is 1.98. The molecule has 0 bridgehead atoms. The average Bonchev–Trinajstić information content (AvgIpc) is 2.61. The molecule has 0 radical (unpaired) electrons. The first-order valence-electron chi connectivity index (χ1n) is 7.97. The molecule has 28 heavy (non-hydrogen) atoms. The molecule has 0 saturated heterocycles. The molecule has 0 heterocycles. The van der Waals surface area contributed by atoms with Crippen LogP contribution < -0.4 is 14.4 Å². The molecule has 152 valence electrons. The molecular formula is C17H16Cl4NO5P. The number of carbonyl (C=O) groups is 1. The van der Waals surface area contributed by atoms with Crippen molar-refractivity contribution in [2.45, 2.75) is 6.92 Å². The van der Waals surface area contributed by atoms with Crippen molar-refractivity contribution in [2.75, 3.05) is 19.4 Å². The maximum Gasteiger partial charge on any atom is 0.444 e. The Morgan fingerprint density at radius 1 is 0.929 bits per heavy atom. The smallest absolute Gasteiger partial charge is 0.444 e. The highest BCUT2D eigenvalue weighted by Gasteiger charge is 2.29. The van der Waals surface area contributed by atoms with Crippen molar-refractivity contribution >= 4 is 60.0 Å². The van der Waals surface area contributed by atoms with Crippen LogP contribution in [-0.2, 0) is 14.1 Å². The van der Waals surface area contributed by atoms with Gasteiger partial charge >= 0.3 is 13.6 Å². The third kappa shape index (κ3) is 7.03. The van der Waals surface area contributed by atoms with Crippen LogP contribution in [0.3, 0.4) is 0 Å². The Morgan fingerprint density at radius 2 is 1.43 bits per heavy atom. The number of rotatable bonds is 9. The van der Waals surface area contributed by atoms with E-state index in [0.29, 0.717) is 10.0 Å². The first-order valence-corrected chi connectivity index (χ1v) is 11.2. The van der Waals surface area contributed by atoms with Crippen LogP contribution in [0.4, 0.5) is 0 Å². The van der Waals surface area contributed by atoms with Crippen LogP contribution in [0.15, 0.2) is 36.4 Å². The monoisotopic (exact) mass is 485 g/mol. The van der Waals surface area contributed by atoms with Gasteiger partial charge in [-0.05, 0) is 31.2 Å². The average molecular weight is 487 g/mol. The maximum atomic E-state index is 13.3. The van der Waals surface area contributed by atoms with E-state index in [1.54, 1.807) is 6.92 Å². The van der Waals surface area contributed by atoms with Crippen molar-refractivity contribution in [3.05, 3.63) is 56.5 Å². The zero-order valence-corrected chi connectivity index (χ0v) is 18.5. The molecule has 0 saturated carbocycles. The highest BCUT2D eigenvalue weighted by molar-refractivity contribution is 7.54. The lowest BCUT2D eigenvalue weighted by Crippen LogP contribution is -2.27. The summed E-state index contributed by atoms with van der Waals surface area (Å²) in [6.45, 7) is 1.74. The van der Waals surface area contributed by atoms with Crippen molar-refractivity contribution in [2.24, 2.45) is 0 Å². The lowest BCUT2D eigenvalue weighted by Gasteiger charge is -2.21. The Morgan fingerprint density at radius 3 is 1.86 bits per heavy atom. The first-order chi connectivity index (χ1) is 13.2. The molecule has 0 fully saturated rings. The molecule has 1 N–H and O–H groups in total. The van der Waals surface area contributed by atoms with E-state index in [1.807, 2.05) is 0 Å². The number of benzene rings is 2. The second-order valence-electron chi connectivity index (χ2n) is 5.34. The Labute approximate surface area is 182 Å². The van der Waals surface area contributed by atoms with Gasteiger partial charge in [0.25, 0.3) is 0 Å². The molecular weight excluding hydrogens is 471 g/mol. The van der Waals surface area contributed by atoms with Crippen molar-refractivity contribution in [3.8, 4) is 11.5 Å². The number of nitrogens with one attached hydrogen (secondary N) is 1. The fourth-order valence-corrected chi connectivity index (χ4v) is 3.98. The van der Waals surface area contributed by atoms with Crippen LogP contribution in [0.5, 0.6) is 11.5 Å². The second-order valence-corrected chi connectivity index (χ2v) is 8.87. The third-order valence-corrected chi connectivity index (χ3v) is 6.22. The molecule has 0 atom stereocenters. The molecule has 2 aromatic rings. The summed E-state index contributed by atoms with van der Waals surface area (Å²) >= 11 is 23.7. The van der Waals surface area contributed by atoms with E-state index in [1.165, 1.54) is 36.4 Å². The lowest BCUT2D eigenvalue weighted by atomic mass is 10.3. The number of esters is 1. The third-order valence-electron chi connectivity index (χ3n) is 3.15. The second kappa shape index (κ2) is 10.6. The van der Waals surface area contributed by atoms with Gasteiger partial charge in [-0.15, -0.1) is 0 Å². The molecule has 2 rings (SSSR count).